The highest BCUT2D eigenvalue weighted by Gasteiger charge is 2.25. The fourth-order valence-corrected chi connectivity index (χ4v) is 4.62. The van der Waals surface area contributed by atoms with Gasteiger partial charge in [0.25, 0.3) is 5.89 Å². The van der Waals surface area contributed by atoms with Gasteiger partial charge >= 0.3 is 0 Å². The molecule has 5 rings (SSSR count). The van der Waals surface area contributed by atoms with Crippen LogP contribution in [-0.2, 0) is 5.75 Å². The zero-order valence-electron chi connectivity index (χ0n) is 16.2. The average Bonchev–Trinajstić information content (AvgIpc) is 3.53. The van der Waals surface area contributed by atoms with E-state index < -0.39 is 0 Å². The Kier molecular flexibility index (Phi) is 5.35. The molecule has 1 saturated carbocycles. The van der Waals surface area contributed by atoms with Gasteiger partial charge in [-0.2, -0.15) is 4.98 Å². The number of benzene rings is 1. The van der Waals surface area contributed by atoms with E-state index in [1.807, 2.05) is 12.1 Å². The molecule has 1 aromatic carbocycles. The number of nitrogens with zero attached hydrogens (tertiary/aromatic N) is 5. The van der Waals surface area contributed by atoms with Gasteiger partial charge in [-0.15, -0.1) is 10.2 Å². The molecule has 4 aromatic rings. The molecule has 3 heterocycles. The molecule has 0 N–H and O–H groups in total. The quantitative estimate of drug-likeness (QED) is 0.376. The normalized spacial score (nSPS) is 15.0. The number of rotatable bonds is 6. The standard InChI is InChI=1S/C21H20FN5O2S/c22-15-10-8-14(9-11-15)20-23-18(26-29-20)13-30-21-25-24-19(17-7-4-12-28-17)27(21)16-5-2-1-3-6-16/h4,7-12,16H,1-3,5-6,13H2. The third-order valence-corrected chi connectivity index (χ3v) is 6.17. The molecule has 3 aromatic heterocycles. The van der Waals surface area contributed by atoms with Crippen LogP contribution in [0, 0.1) is 5.82 Å². The molecule has 1 aliphatic rings. The van der Waals surface area contributed by atoms with Gasteiger partial charge in [-0.1, -0.05) is 36.2 Å². The summed E-state index contributed by atoms with van der Waals surface area (Å²) in [6.07, 6.45) is 7.55. The predicted molar refractivity (Wildman–Crippen MR) is 109 cm³/mol. The lowest BCUT2D eigenvalue weighted by Crippen LogP contribution is -2.15. The van der Waals surface area contributed by atoms with Crippen LogP contribution in [0.1, 0.15) is 44.0 Å². The van der Waals surface area contributed by atoms with Crippen LogP contribution < -0.4 is 0 Å². The van der Waals surface area contributed by atoms with E-state index in [2.05, 4.69) is 24.9 Å². The second kappa shape index (κ2) is 8.43. The molecule has 1 fully saturated rings. The lowest BCUT2D eigenvalue weighted by Gasteiger charge is -2.25. The Morgan fingerprint density at radius 1 is 1.07 bits per heavy atom. The van der Waals surface area contributed by atoms with Crippen LogP contribution in [0.3, 0.4) is 0 Å². The number of hydrogen-bond donors (Lipinski definition) is 0. The van der Waals surface area contributed by atoms with Crippen molar-refractivity contribution in [1.82, 2.24) is 24.9 Å². The van der Waals surface area contributed by atoms with E-state index in [-0.39, 0.29) is 5.82 Å². The molecule has 0 bridgehead atoms. The summed E-state index contributed by atoms with van der Waals surface area (Å²) < 4.78 is 26.2. The first-order valence-corrected chi connectivity index (χ1v) is 11.0. The Labute approximate surface area is 176 Å². The van der Waals surface area contributed by atoms with E-state index >= 15 is 0 Å². The van der Waals surface area contributed by atoms with Crippen molar-refractivity contribution < 1.29 is 13.3 Å². The highest BCUT2D eigenvalue weighted by Crippen LogP contribution is 2.36. The Bertz CT molecular complexity index is 1100. The summed E-state index contributed by atoms with van der Waals surface area (Å²) in [5.41, 5.74) is 0.686. The van der Waals surface area contributed by atoms with Gasteiger partial charge in [0.2, 0.25) is 5.82 Å². The third-order valence-electron chi connectivity index (χ3n) is 5.24. The first-order chi connectivity index (χ1) is 14.8. The van der Waals surface area contributed by atoms with Crippen LogP contribution in [0.2, 0.25) is 0 Å². The second-order valence-electron chi connectivity index (χ2n) is 7.26. The van der Waals surface area contributed by atoms with E-state index in [4.69, 9.17) is 8.94 Å². The van der Waals surface area contributed by atoms with Gasteiger partial charge in [0, 0.05) is 11.6 Å². The Balaban J connectivity index is 1.37. The molecule has 0 saturated heterocycles. The monoisotopic (exact) mass is 425 g/mol. The molecular weight excluding hydrogens is 405 g/mol. The highest BCUT2D eigenvalue weighted by molar-refractivity contribution is 7.98. The summed E-state index contributed by atoms with van der Waals surface area (Å²) in [6.45, 7) is 0. The van der Waals surface area contributed by atoms with E-state index in [1.165, 1.54) is 43.2 Å². The molecule has 0 radical (unpaired) electrons. The summed E-state index contributed by atoms with van der Waals surface area (Å²) in [7, 11) is 0. The Hall–Kier alpha value is -2.94. The second-order valence-corrected chi connectivity index (χ2v) is 8.20. The fourth-order valence-electron chi connectivity index (χ4n) is 3.77. The van der Waals surface area contributed by atoms with Crippen molar-refractivity contribution in [3.8, 4) is 23.0 Å². The molecule has 154 valence electrons. The van der Waals surface area contributed by atoms with Gasteiger partial charge in [0.15, 0.2) is 16.7 Å². The summed E-state index contributed by atoms with van der Waals surface area (Å²) in [5, 5.41) is 13.7. The van der Waals surface area contributed by atoms with Crippen molar-refractivity contribution in [3.63, 3.8) is 0 Å². The first-order valence-electron chi connectivity index (χ1n) is 9.98. The molecule has 0 spiro atoms. The van der Waals surface area contributed by atoms with Crippen LogP contribution in [-0.4, -0.2) is 24.9 Å². The molecule has 30 heavy (non-hydrogen) atoms. The van der Waals surface area contributed by atoms with Gasteiger partial charge in [-0.25, -0.2) is 4.39 Å². The third kappa shape index (κ3) is 3.89. The molecule has 7 nitrogen and oxygen atoms in total. The number of hydrogen-bond acceptors (Lipinski definition) is 7. The average molecular weight is 425 g/mol. The predicted octanol–water partition coefficient (Wildman–Crippen LogP) is 5.52. The van der Waals surface area contributed by atoms with Crippen LogP contribution in [0.4, 0.5) is 4.39 Å². The SMILES string of the molecule is Fc1ccc(-c2nc(CSc3nnc(-c4ccco4)n3C3CCCCC3)no2)cc1. The molecule has 0 atom stereocenters. The van der Waals surface area contributed by atoms with Gasteiger partial charge in [0.1, 0.15) is 5.82 Å². The van der Waals surface area contributed by atoms with E-state index in [9.17, 15) is 4.39 Å². The largest absolute Gasteiger partial charge is 0.461 e. The molecule has 9 heteroatoms. The molecular formula is C21H20FN5O2S. The minimum atomic E-state index is -0.302. The molecule has 0 aliphatic heterocycles. The molecule has 0 unspecified atom stereocenters. The van der Waals surface area contributed by atoms with Crippen molar-refractivity contribution in [1.29, 1.82) is 0 Å². The zero-order valence-corrected chi connectivity index (χ0v) is 17.0. The first kappa shape index (κ1) is 19.0. The number of halogens is 1. The minimum Gasteiger partial charge on any atom is -0.461 e. The molecule has 0 amide bonds. The Morgan fingerprint density at radius 2 is 1.90 bits per heavy atom. The summed E-state index contributed by atoms with van der Waals surface area (Å²) in [6, 6.07) is 10.1. The maximum Gasteiger partial charge on any atom is 0.257 e. The fraction of sp³-hybridized carbons (Fsp3) is 0.333. The number of furan rings is 1. The van der Waals surface area contributed by atoms with E-state index in [0.29, 0.717) is 29.1 Å². The maximum absolute atomic E-state index is 13.1. The van der Waals surface area contributed by atoms with Crippen molar-refractivity contribution >= 4 is 11.8 Å². The van der Waals surface area contributed by atoms with E-state index in [1.54, 1.807) is 18.4 Å². The van der Waals surface area contributed by atoms with Gasteiger partial charge in [0.05, 0.1) is 12.0 Å². The van der Waals surface area contributed by atoms with Gasteiger partial charge in [-0.3, -0.25) is 4.57 Å². The lowest BCUT2D eigenvalue weighted by molar-refractivity contribution is 0.337. The van der Waals surface area contributed by atoms with Gasteiger partial charge < -0.3 is 8.94 Å². The van der Waals surface area contributed by atoms with Crippen molar-refractivity contribution in [3.05, 3.63) is 54.3 Å². The topological polar surface area (TPSA) is 82.8 Å². The van der Waals surface area contributed by atoms with E-state index in [0.717, 1.165) is 29.6 Å². The summed E-state index contributed by atoms with van der Waals surface area (Å²) >= 11 is 1.53. The summed E-state index contributed by atoms with van der Waals surface area (Å²) in [4.78, 5) is 4.43. The van der Waals surface area contributed by atoms with Crippen LogP contribution in [0.15, 0.2) is 56.8 Å². The van der Waals surface area contributed by atoms with Crippen LogP contribution in [0.5, 0.6) is 0 Å². The lowest BCUT2D eigenvalue weighted by atomic mass is 9.95. The zero-order chi connectivity index (χ0) is 20.3. The number of aromatic nitrogens is 5. The Morgan fingerprint density at radius 3 is 2.67 bits per heavy atom. The van der Waals surface area contributed by atoms with Gasteiger partial charge in [-0.05, 0) is 49.2 Å². The van der Waals surface area contributed by atoms with Crippen molar-refractivity contribution in [2.75, 3.05) is 0 Å². The summed E-state index contributed by atoms with van der Waals surface area (Å²) in [5.74, 6) is 2.59. The highest BCUT2D eigenvalue weighted by atomic mass is 32.2. The molecule has 1 aliphatic carbocycles. The van der Waals surface area contributed by atoms with Crippen molar-refractivity contribution in [2.45, 2.75) is 49.1 Å². The maximum atomic E-state index is 13.1. The minimum absolute atomic E-state index is 0.302. The smallest absolute Gasteiger partial charge is 0.257 e. The van der Waals surface area contributed by atoms with Crippen LogP contribution >= 0.6 is 11.8 Å². The van der Waals surface area contributed by atoms with Crippen molar-refractivity contribution in [2.24, 2.45) is 0 Å². The van der Waals surface area contributed by atoms with Crippen LogP contribution in [0.25, 0.3) is 23.0 Å². The number of thioether (sulfide) groups is 1.